The SMILES string of the molecule is CCOC(=O)c1c(NC(=O)CN2CCN(Cc3ccco3)CC2)sc(C(N)=O)c1C. The van der Waals surface area contributed by atoms with Crippen molar-refractivity contribution >= 4 is 34.1 Å². The van der Waals surface area contributed by atoms with Gasteiger partial charge in [0.15, 0.2) is 0 Å². The van der Waals surface area contributed by atoms with Crippen LogP contribution in [0.3, 0.4) is 0 Å². The zero-order chi connectivity index (χ0) is 21.7. The molecule has 3 N–H and O–H groups in total. The Balaban J connectivity index is 1.59. The fourth-order valence-corrected chi connectivity index (χ4v) is 4.45. The average Bonchev–Trinajstić information content (AvgIpc) is 3.31. The lowest BCUT2D eigenvalue weighted by molar-refractivity contribution is -0.117. The first-order valence-electron chi connectivity index (χ1n) is 9.76. The van der Waals surface area contributed by atoms with Gasteiger partial charge in [-0.25, -0.2) is 4.79 Å². The normalized spacial score (nSPS) is 15.1. The van der Waals surface area contributed by atoms with Gasteiger partial charge < -0.3 is 20.2 Å². The Bertz CT molecular complexity index is 901. The molecular weight excluding hydrogens is 408 g/mol. The topological polar surface area (TPSA) is 118 Å². The van der Waals surface area contributed by atoms with Gasteiger partial charge in [0.2, 0.25) is 5.91 Å². The van der Waals surface area contributed by atoms with Crippen molar-refractivity contribution in [2.24, 2.45) is 5.73 Å². The van der Waals surface area contributed by atoms with Crippen LogP contribution in [0.5, 0.6) is 0 Å². The van der Waals surface area contributed by atoms with Gasteiger partial charge in [0.05, 0.1) is 36.4 Å². The van der Waals surface area contributed by atoms with Crippen LogP contribution in [0.1, 0.15) is 38.3 Å². The van der Waals surface area contributed by atoms with Crippen molar-refractivity contribution in [1.82, 2.24) is 9.80 Å². The fraction of sp³-hybridized carbons (Fsp3) is 0.450. The second-order valence-corrected chi connectivity index (χ2v) is 8.05. The van der Waals surface area contributed by atoms with E-state index in [4.69, 9.17) is 14.9 Å². The highest BCUT2D eigenvalue weighted by molar-refractivity contribution is 7.18. The van der Waals surface area contributed by atoms with Crippen LogP contribution in [-0.4, -0.2) is 66.9 Å². The largest absolute Gasteiger partial charge is 0.468 e. The zero-order valence-electron chi connectivity index (χ0n) is 17.1. The number of esters is 1. The molecule has 9 nitrogen and oxygen atoms in total. The molecule has 2 aromatic heterocycles. The monoisotopic (exact) mass is 434 g/mol. The van der Waals surface area contributed by atoms with Gasteiger partial charge in [-0.1, -0.05) is 0 Å². The van der Waals surface area contributed by atoms with Crippen molar-refractivity contribution in [2.45, 2.75) is 20.4 Å². The Hall–Kier alpha value is -2.69. The third-order valence-corrected chi connectivity index (χ3v) is 6.12. The minimum absolute atomic E-state index is 0.187. The van der Waals surface area contributed by atoms with Crippen molar-refractivity contribution in [3.63, 3.8) is 0 Å². The van der Waals surface area contributed by atoms with E-state index in [-0.39, 0.29) is 29.5 Å². The smallest absolute Gasteiger partial charge is 0.341 e. The lowest BCUT2D eigenvalue weighted by Gasteiger charge is -2.33. The van der Waals surface area contributed by atoms with Crippen molar-refractivity contribution in [2.75, 3.05) is 44.6 Å². The molecule has 0 atom stereocenters. The summed E-state index contributed by atoms with van der Waals surface area (Å²) >= 11 is 0.997. The first kappa shape index (κ1) is 22.0. The number of nitrogens with one attached hydrogen (secondary N) is 1. The number of furan rings is 1. The minimum atomic E-state index is -0.642. The number of primary amides is 1. The lowest BCUT2D eigenvalue weighted by atomic mass is 10.1. The van der Waals surface area contributed by atoms with E-state index >= 15 is 0 Å². The van der Waals surface area contributed by atoms with E-state index in [0.29, 0.717) is 10.6 Å². The van der Waals surface area contributed by atoms with Gasteiger partial charge in [-0.3, -0.25) is 19.4 Å². The first-order valence-corrected chi connectivity index (χ1v) is 10.6. The Morgan fingerprint density at radius 3 is 2.53 bits per heavy atom. The quantitative estimate of drug-likeness (QED) is 0.607. The van der Waals surface area contributed by atoms with Gasteiger partial charge in [0.25, 0.3) is 5.91 Å². The van der Waals surface area contributed by atoms with Crippen molar-refractivity contribution in [3.05, 3.63) is 40.2 Å². The molecule has 0 bridgehead atoms. The predicted molar refractivity (Wildman–Crippen MR) is 113 cm³/mol. The Morgan fingerprint density at radius 2 is 1.93 bits per heavy atom. The summed E-state index contributed by atoms with van der Waals surface area (Å²) in [5.74, 6) is -0.555. The van der Waals surface area contributed by atoms with Gasteiger partial charge in [0.1, 0.15) is 10.8 Å². The molecule has 1 fully saturated rings. The van der Waals surface area contributed by atoms with E-state index in [1.165, 1.54) is 0 Å². The Kier molecular flexibility index (Phi) is 7.24. The molecule has 1 aliphatic heterocycles. The van der Waals surface area contributed by atoms with E-state index in [1.54, 1.807) is 20.1 Å². The predicted octanol–water partition coefficient (Wildman–Crippen LogP) is 1.68. The van der Waals surface area contributed by atoms with Gasteiger partial charge in [-0.05, 0) is 31.5 Å². The molecule has 0 radical (unpaired) electrons. The van der Waals surface area contributed by atoms with Crippen molar-refractivity contribution < 1.29 is 23.5 Å². The summed E-state index contributed by atoms with van der Waals surface area (Å²) in [5.41, 5.74) is 6.01. The molecule has 30 heavy (non-hydrogen) atoms. The maximum Gasteiger partial charge on any atom is 0.341 e. The number of hydrogen-bond acceptors (Lipinski definition) is 8. The van der Waals surface area contributed by atoms with E-state index in [9.17, 15) is 14.4 Å². The van der Waals surface area contributed by atoms with Gasteiger partial charge in [0, 0.05) is 26.2 Å². The number of ether oxygens (including phenoxy) is 1. The summed E-state index contributed by atoms with van der Waals surface area (Å²) in [6.45, 7) is 7.59. The van der Waals surface area contributed by atoms with Crippen LogP contribution < -0.4 is 11.1 Å². The summed E-state index contributed by atoms with van der Waals surface area (Å²) in [6, 6.07) is 3.82. The van der Waals surface area contributed by atoms with Crippen molar-refractivity contribution in [1.29, 1.82) is 0 Å². The number of amides is 2. The van der Waals surface area contributed by atoms with Crippen LogP contribution in [0.4, 0.5) is 5.00 Å². The van der Waals surface area contributed by atoms with Crippen LogP contribution in [0.15, 0.2) is 22.8 Å². The molecule has 1 saturated heterocycles. The summed E-state index contributed by atoms with van der Waals surface area (Å²) in [5, 5.41) is 3.05. The van der Waals surface area contributed by atoms with Crippen molar-refractivity contribution in [3.8, 4) is 0 Å². The maximum absolute atomic E-state index is 12.6. The molecular formula is C20H26N4O5S. The van der Waals surface area contributed by atoms with Crippen LogP contribution in [-0.2, 0) is 16.1 Å². The first-order chi connectivity index (χ1) is 14.4. The Morgan fingerprint density at radius 1 is 1.23 bits per heavy atom. The number of piperazine rings is 1. The van der Waals surface area contributed by atoms with Gasteiger partial charge >= 0.3 is 5.97 Å². The maximum atomic E-state index is 12.6. The van der Waals surface area contributed by atoms with E-state index in [1.807, 2.05) is 17.0 Å². The molecule has 2 amide bonds. The van der Waals surface area contributed by atoms with Crippen LogP contribution in [0.25, 0.3) is 0 Å². The molecule has 0 aromatic carbocycles. The fourth-order valence-electron chi connectivity index (χ4n) is 3.38. The third kappa shape index (κ3) is 5.26. The summed E-state index contributed by atoms with van der Waals surface area (Å²) in [6.07, 6.45) is 1.66. The second kappa shape index (κ2) is 9.88. The summed E-state index contributed by atoms with van der Waals surface area (Å²) in [7, 11) is 0. The lowest BCUT2D eigenvalue weighted by Crippen LogP contribution is -2.48. The molecule has 3 heterocycles. The molecule has 0 saturated carbocycles. The average molecular weight is 435 g/mol. The number of carbonyl (C=O) groups excluding carboxylic acids is 3. The third-order valence-electron chi connectivity index (χ3n) is 4.89. The number of anilines is 1. The van der Waals surface area contributed by atoms with Crippen LogP contribution >= 0.6 is 11.3 Å². The second-order valence-electron chi connectivity index (χ2n) is 7.02. The molecule has 3 rings (SSSR count). The van der Waals surface area contributed by atoms with E-state index in [0.717, 1.165) is 49.8 Å². The number of carbonyl (C=O) groups is 3. The number of hydrogen-bond donors (Lipinski definition) is 2. The number of nitrogens with two attached hydrogens (primary N) is 1. The standard InChI is InChI=1S/C20H26N4O5S/c1-3-28-20(27)16-13(2)17(18(21)26)30-19(16)22-15(25)12-24-8-6-23(7-9-24)11-14-5-4-10-29-14/h4-5,10H,3,6-9,11-12H2,1-2H3,(H2,21,26)(H,22,25). The van der Waals surface area contributed by atoms with Gasteiger partial charge in [-0.2, -0.15) is 0 Å². The molecule has 0 unspecified atom stereocenters. The number of rotatable bonds is 8. The molecule has 0 aliphatic carbocycles. The number of thiophene rings is 1. The highest BCUT2D eigenvalue weighted by atomic mass is 32.1. The Labute approximate surface area is 178 Å². The van der Waals surface area contributed by atoms with Crippen LogP contribution in [0.2, 0.25) is 0 Å². The molecule has 0 spiro atoms. The van der Waals surface area contributed by atoms with E-state index < -0.39 is 11.9 Å². The molecule has 162 valence electrons. The molecule has 10 heteroatoms. The zero-order valence-corrected chi connectivity index (χ0v) is 17.9. The summed E-state index contributed by atoms with van der Waals surface area (Å²) in [4.78, 5) is 41.1. The molecule has 1 aliphatic rings. The van der Waals surface area contributed by atoms with Gasteiger partial charge in [-0.15, -0.1) is 11.3 Å². The highest BCUT2D eigenvalue weighted by Crippen LogP contribution is 2.33. The molecule has 2 aromatic rings. The van der Waals surface area contributed by atoms with E-state index in [2.05, 4.69) is 10.2 Å². The number of nitrogens with zero attached hydrogens (tertiary/aromatic N) is 2. The highest BCUT2D eigenvalue weighted by Gasteiger charge is 2.26. The summed E-state index contributed by atoms with van der Waals surface area (Å²) < 4.78 is 10.5. The minimum Gasteiger partial charge on any atom is -0.468 e. The van der Waals surface area contributed by atoms with Crippen LogP contribution in [0, 0.1) is 6.92 Å².